The summed E-state index contributed by atoms with van der Waals surface area (Å²) in [6.45, 7) is 3.87. The number of hydrogen-bond donors (Lipinski definition) is 0. The van der Waals surface area contributed by atoms with Crippen molar-refractivity contribution in [3.05, 3.63) is 36.0 Å². The van der Waals surface area contributed by atoms with E-state index in [0.717, 1.165) is 5.69 Å². The number of ether oxygens (including phenoxy) is 1. The van der Waals surface area contributed by atoms with Gasteiger partial charge >= 0.3 is 6.18 Å². The highest BCUT2D eigenvalue weighted by atomic mass is 19.4. The molecule has 3 nitrogen and oxygen atoms in total. The second kappa shape index (κ2) is 5.66. The molecule has 22 heavy (non-hydrogen) atoms. The molecule has 0 N–H and O–H groups in total. The Morgan fingerprint density at radius 3 is 2.32 bits per heavy atom. The molecule has 0 saturated carbocycles. The number of ketones is 1. The fourth-order valence-electron chi connectivity index (χ4n) is 2.43. The molecule has 0 spiro atoms. The van der Waals surface area contributed by atoms with Crippen molar-refractivity contribution in [2.75, 3.05) is 18.6 Å². The van der Waals surface area contributed by atoms with Crippen LogP contribution in [0.5, 0.6) is 5.75 Å². The van der Waals surface area contributed by atoms with Gasteiger partial charge in [0.15, 0.2) is 0 Å². The van der Waals surface area contributed by atoms with Crippen LogP contribution in [0.2, 0.25) is 0 Å². The van der Waals surface area contributed by atoms with E-state index in [1.54, 1.807) is 50.1 Å². The van der Waals surface area contributed by atoms with Crippen molar-refractivity contribution in [3.8, 4) is 5.75 Å². The van der Waals surface area contributed by atoms with Gasteiger partial charge in [0.1, 0.15) is 5.75 Å². The van der Waals surface area contributed by atoms with Gasteiger partial charge in [0.2, 0.25) is 0 Å². The Morgan fingerprint density at radius 1 is 1.23 bits per heavy atom. The van der Waals surface area contributed by atoms with Gasteiger partial charge in [-0.25, -0.2) is 0 Å². The zero-order valence-electron chi connectivity index (χ0n) is 12.7. The molecule has 0 saturated heterocycles. The van der Waals surface area contributed by atoms with Gasteiger partial charge in [0, 0.05) is 24.0 Å². The second-order valence-corrected chi connectivity index (χ2v) is 5.89. The van der Waals surface area contributed by atoms with Gasteiger partial charge in [-0.1, -0.05) is 13.8 Å². The molecule has 0 bridgehead atoms. The Kier molecular flexibility index (Phi) is 4.22. The van der Waals surface area contributed by atoms with Gasteiger partial charge < -0.3 is 9.64 Å². The number of alkyl halides is 3. The van der Waals surface area contributed by atoms with Crippen LogP contribution >= 0.6 is 0 Å². The van der Waals surface area contributed by atoms with Crippen molar-refractivity contribution in [2.45, 2.75) is 26.4 Å². The number of benzene rings is 1. The standard InChI is InChI=1S/C16H18F3NO2/c1-15(2)8-9-20(10-13(15)14(21)16(17,18)19)11-4-6-12(22-3)7-5-11/h4-7,10H,8-9H2,1-3H3. The lowest BCUT2D eigenvalue weighted by Crippen LogP contribution is -2.39. The van der Waals surface area contributed by atoms with Gasteiger partial charge in [-0.05, 0) is 36.1 Å². The molecule has 0 atom stereocenters. The first-order chi connectivity index (χ1) is 10.1. The normalized spacial score (nSPS) is 17.9. The zero-order chi connectivity index (χ0) is 16.5. The molecule has 6 heteroatoms. The van der Waals surface area contributed by atoms with E-state index in [4.69, 9.17) is 4.74 Å². The van der Waals surface area contributed by atoms with Crippen molar-refractivity contribution in [1.29, 1.82) is 0 Å². The van der Waals surface area contributed by atoms with Crippen molar-refractivity contribution in [3.63, 3.8) is 0 Å². The molecule has 0 fully saturated rings. The molecule has 0 radical (unpaired) electrons. The van der Waals surface area contributed by atoms with E-state index in [1.807, 2.05) is 0 Å². The van der Waals surface area contributed by atoms with E-state index in [0.29, 0.717) is 18.7 Å². The first kappa shape index (κ1) is 16.4. The van der Waals surface area contributed by atoms with Gasteiger partial charge in [0.25, 0.3) is 5.78 Å². The SMILES string of the molecule is COc1ccc(N2C=C(C(=O)C(F)(F)F)C(C)(C)CC2)cc1. The maximum atomic E-state index is 12.8. The van der Waals surface area contributed by atoms with Crippen LogP contribution in [0, 0.1) is 5.41 Å². The van der Waals surface area contributed by atoms with Crippen molar-refractivity contribution < 1.29 is 22.7 Å². The molecule has 120 valence electrons. The summed E-state index contributed by atoms with van der Waals surface area (Å²) in [6.07, 6.45) is -3.07. The number of Topliss-reactive ketones (excluding diaryl/α,β-unsaturated/α-hetero) is 1. The third-order valence-electron chi connectivity index (χ3n) is 3.90. The largest absolute Gasteiger partial charge is 0.497 e. The van der Waals surface area contributed by atoms with Crippen LogP contribution in [0.15, 0.2) is 36.0 Å². The van der Waals surface area contributed by atoms with Crippen LogP contribution in [0.3, 0.4) is 0 Å². The third kappa shape index (κ3) is 3.26. The lowest BCUT2D eigenvalue weighted by molar-refractivity contribution is -0.167. The summed E-state index contributed by atoms with van der Waals surface area (Å²) in [6, 6.07) is 6.97. The number of halogens is 3. The number of nitrogens with zero attached hydrogens (tertiary/aromatic N) is 1. The Labute approximate surface area is 127 Å². The predicted molar refractivity (Wildman–Crippen MR) is 77.9 cm³/mol. The predicted octanol–water partition coefficient (Wildman–Crippen LogP) is 3.95. The molecular weight excluding hydrogens is 295 g/mol. The lowest BCUT2D eigenvalue weighted by Gasteiger charge is -2.37. The maximum Gasteiger partial charge on any atom is 0.454 e. The summed E-state index contributed by atoms with van der Waals surface area (Å²) in [4.78, 5) is 13.3. The summed E-state index contributed by atoms with van der Waals surface area (Å²) >= 11 is 0. The number of methoxy groups -OCH3 is 1. The number of anilines is 1. The number of carbonyl (C=O) groups excluding carboxylic acids is 1. The van der Waals surface area contributed by atoms with Crippen molar-refractivity contribution >= 4 is 11.5 Å². The number of hydrogen-bond acceptors (Lipinski definition) is 3. The number of carbonyl (C=O) groups is 1. The molecule has 0 aliphatic carbocycles. The maximum absolute atomic E-state index is 12.8. The van der Waals surface area contributed by atoms with Crippen LogP contribution in [0.25, 0.3) is 0 Å². The van der Waals surface area contributed by atoms with Crippen LogP contribution in [-0.2, 0) is 4.79 Å². The van der Waals surface area contributed by atoms with E-state index in [2.05, 4.69) is 0 Å². The minimum absolute atomic E-state index is 0.206. The molecule has 1 heterocycles. The van der Waals surface area contributed by atoms with Crippen LogP contribution in [0.1, 0.15) is 20.3 Å². The average Bonchev–Trinajstić information content (AvgIpc) is 2.45. The molecule has 1 aromatic rings. The number of rotatable bonds is 3. The minimum atomic E-state index is -4.86. The van der Waals surface area contributed by atoms with Gasteiger partial charge in [-0.3, -0.25) is 4.79 Å². The smallest absolute Gasteiger partial charge is 0.454 e. The van der Waals surface area contributed by atoms with Crippen LogP contribution in [0.4, 0.5) is 18.9 Å². The van der Waals surface area contributed by atoms with Gasteiger partial charge in [-0.15, -0.1) is 0 Å². The summed E-state index contributed by atoms with van der Waals surface area (Å²) < 4.78 is 43.4. The highest BCUT2D eigenvalue weighted by Gasteiger charge is 2.46. The first-order valence-electron chi connectivity index (χ1n) is 6.90. The summed E-state index contributed by atoms with van der Waals surface area (Å²) in [5, 5.41) is 0. The minimum Gasteiger partial charge on any atom is -0.497 e. The summed E-state index contributed by atoms with van der Waals surface area (Å²) in [5.74, 6) is -1.10. The lowest BCUT2D eigenvalue weighted by atomic mass is 9.77. The third-order valence-corrected chi connectivity index (χ3v) is 3.90. The molecule has 1 aliphatic rings. The average molecular weight is 313 g/mol. The van der Waals surface area contributed by atoms with Crippen LogP contribution in [-0.4, -0.2) is 25.6 Å². The molecular formula is C16H18F3NO2. The second-order valence-electron chi connectivity index (χ2n) is 5.89. The van der Waals surface area contributed by atoms with E-state index in [1.165, 1.54) is 6.20 Å². The molecule has 0 amide bonds. The van der Waals surface area contributed by atoms with E-state index in [-0.39, 0.29) is 5.57 Å². The fraction of sp³-hybridized carbons (Fsp3) is 0.438. The molecule has 1 aliphatic heterocycles. The molecule has 0 aromatic heterocycles. The van der Waals surface area contributed by atoms with Gasteiger partial charge in [-0.2, -0.15) is 13.2 Å². The highest BCUT2D eigenvalue weighted by molar-refractivity contribution is 6.01. The monoisotopic (exact) mass is 313 g/mol. The Bertz CT molecular complexity index is 588. The highest BCUT2D eigenvalue weighted by Crippen LogP contribution is 2.39. The van der Waals surface area contributed by atoms with E-state index >= 15 is 0 Å². The van der Waals surface area contributed by atoms with Crippen LogP contribution < -0.4 is 9.64 Å². The summed E-state index contributed by atoms with van der Waals surface area (Å²) in [7, 11) is 1.54. The summed E-state index contributed by atoms with van der Waals surface area (Å²) in [5.41, 5.74) is -0.277. The van der Waals surface area contributed by atoms with Crippen molar-refractivity contribution in [1.82, 2.24) is 0 Å². The number of allylic oxidation sites excluding steroid dienone is 1. The molecule has 0 unspecified atom stereocenters. The zero-order valence-corrected chi connectivity index (χ0v) is 12.7. The Morgan fingerprint density at radius 2 is 1.82 bits per heavy atom. The van der Waals surface area contributed by atoms with E-state index in [9.17, 15) is 18.0 Å². The topological polar surface area (TPSA) is 29.5 Å². The Balaban J connectivity index is 2.36. The fourth-order valence-corrected chi connectivity index (χ4v) is 2.43. The quantitative estimate of drug-likeness (QED) is 0.846. The molecule has 1 aromatic carbocycles. The van der Waals surface area contributed by atoms with Gasteiger partial charge in [0.05, 0.1) is 7.11 Å². The van der Waals surface area contributed by atoms with Crippen molar-refractivity contribution in [2.24, 2.45) is 5.41 Å². The first-order valence-corrected chi connectivity index (χ1v) is 6.90. The molecule has 2 rings (SSSR count). The van der Waals surface area contributed by atoms with E-state index < -0.39 is 17.4 Å². The Hall–Kier alpha value is -1.98.